The van der Waals surface area contributed by atoms with Gasteiger partial charge in [-0.15, -0.1) is 0 Å². The summed E-state index contributed by atoms with van der Waals surface area (Å²) in [4.78, 5) is 15.1. The molecule has 5 rings (SSSR count). The van der Waals surface area contributed by atoms with Gasteiger partial charge in [0.25, 0.3) is 0 Å². The monoisotopic (exact) mass is 427 g/mol. The zero-order chi connectivity index (χ0) is 21.2. The lowest BCUT2D eigenvalue weighted by Crippen LogP contribution is -2.34. The molecule has 0 aromatic heterocycles. The largest absolute Gasteiger partial charge is 0.492 e. The Balaban J connectivity index is 1.35. The molecule has 31 heavy (non-hydrogen) atoms. The minimum Gasteiger partial charge on any atom is -0.492 e. The highest BCUT2D eigenvalue weighted by atomic mass is 19.1. The number of nitrogens with zero attached hydrogens (tertiary/aromatic N) is 1. The van der Waals surface area contributed by atoms with Crippen molar-refractivity contribution in [1.82, 2.24) is 4.90 Å². The van der Waals surface area contributed by atoms with E-state index < -0.39 is 6.29 Å². The molecule has 5 nitrogen and oxygen atoms in total. The number of ether oxygens (including phenoxy) is 3. The van der Waals surface area contributed by atoms with Crippen molar-refractivity contribution in [3.63, 3.8) is 0 Å². The third-order valence-corrected chi connectivity index (χ3v) is 6.67. The number of hydrogen-bond acceptors (Lipinski definition) is 5. The minimum absolute atomic E-state index is 0.0292. The van der Waals surface area contributed by atoms with E-state index in [-0.39, 0.29) is 24.6 Å². The molecule has 2 fully saturated rings. The summed E-state index contributed by atoms with van der Waals surface area (Å²) in [6.45, 7) is 4.55. The van der Waals surface area contributed by atoms with Crippen LogP contribution in [0.3, 0.4) is 0 Å². The van der Waals surface area contributed by atoms with Gasteiger partial charge in [0.1, 0.15) is 11.6 Å². The van der Waals surface area contributed by atoms with E-state index in [2.05, 4.69) is 4.90 Å². The Morgan fingerprint density at radius 1 is 1.19 bits per heavy atom. The zero-order valence-corrected chi connectivity index (χ0v) is 18.0. The van der Waals surface area contributed by atoms with Crippen LogP contribution in [0, 0.1) is 5.82 Å². The molecule has 0 bridgehead atoms. The van der Waals surface area contributed by atoms with Crippen LogP contribution in [0.15, 0.2) is 17.7 Å². The van der Waals surface area contributed by atoms with Gasteiger partial charge in [-0.1, -0.05) is 18.9 Å². The van der Waals surface area contributed by atoms with Gasteiger partial charge in [-0.05, 0) is 49.2 Å². The first-order valence-electron chi connectivity index (χ1n) is 11.6. The van der Waals surface area contributed by atoms with Crippen LogP contribution in [0.1, 0.15) is 44.1 Å². The van der Waals surface area contributed by atoms with Gasteiger partial charge >= 0.3 is 0 Å². The highest BCUT2D eigenvalue weighted by molar-refractivity contribution is 5.96. The second kappa shape index (κ2) is 9.23. The zero-order valence-electron chi connectivity index (χ0n) is 18.0. The molecule has 1 aliphatic carbocycles. The van der Waals surface area contributed by atoms with Crippen LogP contribution < -0.4 is 15.2 Å². The molecule has 4 aliphatic rings. The molecule has 0 radical (unpaired) electrons. The molecule has 166 valence electrons. The maximum absolute atomic E-state index is 15.1. The molecule has 0 amide bonds. The topological polar surface area (TPSA) is 48.0 Å². The van der Waals surface area contributed by atoms with Crippen molar-refractivity contribution < 1.29 is 23.4 Å². The average molecular weight is 428 g/mol. The average Bonchev–Trinajstić information content (AvgIpc) is 3.11. The predicted octanol–water partition coefficient (Wildman–Crippen LogP) is 2.23. The molecule has 0 unspecified atom stereocenters. The van der Waals surface area contributed by atoms with E-state index in [4.69, 9.17) is 14.2 Å². The number of rotatable bonds is 4. The van der Waals surface area contributed by atoms with Crippen LogP contribution in [-0.2, 0) is 20.7 Å². The lowest BCUT2D eigenvalue weighted by Gasteiger charge is -2.28. The van der Waals surface area contributed by atoms with Gasteiger partial charge in [0.2, 0.25) is 0 Å². The van der Waals surface area contributed by atoms with Crippen LogP contribution >= 0.6 is 0 Å². The quantitative estimate of drug-likeness (QED) is 0.738. The first-order valence-corrected chi connectivity index (χ1v) is 11.6. The van der Waals surface area contributed by atoms with Crippen molar-refractivity contribution in [1.29, 1.82) is 0 Å². The van der Waals surface area contributed by atoms with Crippen LogP contribution in [0.2, 0.25) is 0 Å². The van der Waals surface area contributed by atoms with Gasteiger partial charge in [0.05, 0.1) is 19.8 Å². The highest BCUT2D eigenvalue weighted by Gasteiger charge is 2.29. The third-order valence-electron chi connectivity index (χ3n) is 6.67. The summed E-state index contributed by atoms with van der Waals surface area (Å²) in [6.07, 6.45) is 9.72. The number of ketones is 1. The third kappa shape index (κ3) is 4.47. The van der Waals surface area contributed by atoms with Gasteiger partial charge in [-0.25, -0.2) is 4.39 Å². The van der Waals surface area contributed by atoms with Crippen LogP contribution in [0.4, 0.5) is 4.39 Å². The number of likely N-dealkylation sites (tertiary alicyclic amines) is 1. The number of benzene rings is 1. The highest BCUT2D eigenvalue weighted by Crippen LogP contribution is 2.29. The van der Waals surface area contributed by atoms with Crippen LogP contribution in [0.25, 0.3) is 11.6 Å². The summed E-state index contributed by atoms with van der Waals surface area (Å²) < 4.78 is 33.0. The molecule has 3 heterocycles. The Kier molecular flexibility index (Phi) is 6.21. The molecule has 3 aliphatic heterocycles. The van der Waals surface area contributed by atoms with Crippen LogP contribution in [-0.4, -0.2) is 56.4 Å². The van der Waals surface area contributed by atoms with E-state index in [1.54, 1.807) is 6.08 Å². The Bertz CT molecular complexity index is 1010. The molecule has 0 N–H and O–H groups in total. The SMILES string of the molecule is O=C1C=C2C[C@H](OCCN3CCCCCC3)OCC2=c2c(F)cc3c(c2C1)OCCC=3. The van der Waals surface area contributed by atoms with Gasteiger partial charge in [0.15, 0.2) is 12.1 Å². The fraction of sp³-hybridized carbons (Fsp3) is 0.560. The summed E-state index contributed by atoms with van der Waals surface area (Å²) in [6, 6.07) is 1.53. The lowest BCUT2D eigenvalue weighted by atomic mass is 9.96. The van der Waals surface area contributed by atoms with E-state index in [9.17, 15) is 4.79 Å². The van der Waals surface area contributed by atoms with Crippen molar-refractivity contribution in [2.45, 2.75) is 51.2 Å². The van der Waals surface area contributed by atoms with Gasteiger partial charge in [0, 0.05) is 41.8 Å². The van der Waals surface area contributed by atoms with Crippen LogP contribution in [0.5, 0.6) is 5.75 Å². The standard InChI is InChI=1S/C25H30FNO4/c26-22-13-17-6-5-10-30-25(17)20-15-19(28)12-18-14-23(31-16-21(18)24(20)22)29-11-9-27-7-3-1-2-4-8-27/h6,12-13,23H,1-5,7-11,14-16H2/t23-/m1/s1. The second-order valence-corrected chi connectivity index (χ2v) is 8.83. The maximum atomic E-state index is 15.1. The smallest absolute Gasteiger partial charge is 0.162 e. The summed E-state index contributed by atoms with van der Waals surface area (Å²) >= 11 is 0. The van der Waals surface area contributed by atoms with Crippen molar-refractivity contribution in [3.05, 3.63) is 39.5 Å². The van der Waals surface area contributed by atoms with Gasteiger partial charge < -0.3 is 19.1 Å². The van der Waals surface area contributed by atoms with Crippen molar-refractivity contribution in [3.8, 4) is 5.75 Å². The Hall–Kier alpha value is -2.02. The second-order valence-electron chi connectivity index (χ2n) is 8.83. The fourth-order valence-corrected chi connectivity index (χ4v) is 5.11. The van der Waals surface area contributed by atoms with E-state index in [1.165, 1.54) is 31.7 Å². The molecule has 6 heteroatoms. The van der Waals surface area contributed by atoms with Crippen molar-refractivity contribution >= 4 is 17.4 Å². The maximum Gasteiger partial charge on any atom is 0.162 e. The van der Waals surface area contributed by atoms with Crippen molar-refractivity contribution in [2.75, 3.05) is 39.5 Å². The first kappa shape index (κ1) is 20.9. The number of allylic oxidation sites excluding steroid dienone is 1. The number of carbonyl (C=O) groups excluding carboxylic acids is 1. The Morgan fingerprint density at radius 3 is 2.87 bits per heavy atom. The van der Waals surface area contributed by atoms with Gasteiger partial charge in [-0.2, -0.15) is 0 Å². The Morgan fingerprint density at radius 2 is 2.03 bits per heavy atom. The summed E-state index contributed by atoms with van der Waals surface area (Å²) in [7, 11) is 0. The fourth-order valence-electron chi connectivity index (χ4n) is 5.11. The predicted molar refractivity (Wildman–Crippen MR) is 116 cm³/mol. The van der Waals surface area contributed by atoms with Crippen molar-refractivity contribution in [2.24, 2.45) is 0 Å². The molecule has 1 aromatic rings. The lowest BCUT2D eigenvalue weighted by molar-refractivity contribution is -0.140. The van der Waals surface area contributed by atoms with E-state index in [0.717, 1.165) is 42.4 Å². The number of carbonyl (C=O) groups is 1. The normalized spacial score (nSPS) is 24.0. The summed E-state index contributed by atoms with van der Waals surface area (Å²) in [5, 5.41) is 1.22. The number of fused-ring (bicyclic) bond motifs is 4. The Labute approximate surface area is 182 Å². The van der Waals surface area contributed by atoms with E-state index in [1.807, 2.05) is 6.08 Å². The molecule has 2 saturated heterocycles. The minimum atomic E-state index is -0.401. The molecule has 1 aromatic carbocycles. The first-order chi connectivity index (χ1) is 15.2. The summed E-state index contributed by atoms with van der Waals surface area (Å²) in [5.41, 5.74) is 2.23. The van der Waals surface area contributed by atoms with E-state index >= 15 is 4.39 Å². The van der Waals surface area contributed by atoms with Gasteiger partial charge in [-0.3, -0.25) is 4.79 Å². The number of hydrogen-bond donors (Lipinski definition) is 0. The van der Waals surface area contributed by atoms with E-state index in [0.29, 0.717) is 36.2 Å². The number of halogens is 1. The molecular weight excluding hydrogens is 397 g/mol. The molecule has 0 spiro atoms. The molecular formula is C25H30FNO4. The molecule has 1 atom stereocenters. The summed E-state index contributed by atoms with van der Waals surface area (Å²) in [5.74, 6) is 0.308. The molecule has 0 saturated carbocycles.